The first-order chi connectivity index (χ1) is 16.7. The number of amides is 2. The Morgan fingerprint density at radius 2 is 1.94 bits per heavy atom. The number of aromatic nitrogens is 5. The summed E-state index contributed by atoms with van der Waals surface area (Å²) >= 11 is 0. The van der Waals surface area contributed by atoms with Crippen molar-refractivity contribution in [3.8, 4) is 0 Å². The number of rotatable bonds is 6. The number of aromatic amines is 1. The third kappa shape index (κ3) is 4.20. The number of anilines is 1. The van der Waals surface area contributed by atoms with Gasteiger partial charge in [0.05, 0.1) is 23.5 Å². The SMILES string of the molecule is O=C(N1CC[C@H](c2ncn[nH]2)C1)N1CC2(CC(Cc3cnc(NCC4(C(F)(F)F)CC4)cn3)C2)C1. The number of nitrogens with one attached hydrogen (secondary N) is 2. The molecule has 9 nitrogen and oxygen atoms in total. The zero-order valence-corrected chi connectivity index (χ0v) is 19.4. The van der Waals surface area contributed by atoms with Crippen molar-refractivity contribution >= 4 is 11.8 Å². The van der Waals surface area contributed by atoms with E-state index in [0.29, 0.717) is 18.3 Å². The lowest BCUT2D eigenvalue weighted by molar-refractivity contribution is -0.182. The first-order valence-corrected chi connectivity index (χ1v) is 12.2. The molecule has 4 heterocycles. The van der Waals surface area contributed by atoms with Gasteiger partial charge in [-0.25, -0.2) is 14.8 Å². The molecule has 2 aliphatic heterocycles. The van der Waals surface area contributed by atoms with Crippen LogP contribution in [0.25, 0.3) is 0 Å². The maximum absolute atomic E-state index is 13.1. The molecule has 1 atom stereocenters. The van der Waals surface area contributed by atoms with Crippen molar-refractivity contribution in [3.63, 3.8) is 0 Å². The van der Waals surface area contributed by atoms with Crippen molar-refractivity contribution in [2.24, 2.45) is 16.7 Å². The molecule has 188 valence electrons. The lowest BCUT2D eigenvalue weighted by Gasteiger charge is -2.59. The minimum absolute atomic E-state index is 0.119. The number of carbonyl (C=O) groups excluding carboxylic acids is 1. The van der Waals surface area contributed by atoms with Gasteiger partial charge in [0.2, 0.25) is 0 Å². The molecule has 12 heteroatoms. The van der Waals surface area contributed by atoms with Crippen LogP contribution >= 0.6 is 0 Å². The van der Waals surface area contributed by atoms with Crippen molar-refractivity contribution < 1.29 is 18.0 Å². The van der Waals surface area contributed by atoms with E-state index in [2.05, 4.69) is 30.5 Å². The molecule has 35 heavy (non-hydrogen) atoms. The minimum Gasteiger partial charge on any atom is -0.368 e. The Kier molecular flexibility index (Phi) is 5.19. The van der Waals surface area contributed by atoms with Crippen LogP contribution in [0.3, 0.4) is 0 Å². The number of halogens is 3. The highest BCUT2D eigenvalue weighted by molar-refractivity contribution is 5.76. The highest BCUT2D eigenvalue weighted by Crippen LogP contribution is 2.57. The molecule has 6 rings (SSSR count). The predicted molar refractivity (Wildman–Crippen MR) is 119 cm³/mol. The van der Waals surface area contributed by atoms with Crippen LogP contribution < -0.4 is 5.32 Å². The molecule has 2 aliphatic carbocycles. The Hall–Kier alpha value is -2.92. The number of carbonyl (C=O) groups is 1. The highest BCUT2D eigenvalue weighted by Gasteiger charge is 2.63. The molecule has 4 aliphatic rings. The molecule has 2 saturated heterocycles. The summed E-state index contributed by atoms with van der Waals surface area (Å²) in [4.78, 5) is 29.6. The minimum atomic E-state index is -4.18. The van der Waals surface area contributed by atoms with Crippen LogP contribution in [0.15, 0.2) is 18.7 Å². The van der Waals surface area contributed by atoms with Gasteiger partial charge in [0.15, 0.2) is 0 Å². The van der Waals surface area contributed by atoms with Crippen molar-refractivity contribution in [3.05, 3.63) is 30.2 Å². The van der Waals surface area contributed by atoms with Gasteiger partial charge in [-0.2, -0.15) is 18.3 Å². The molecule has 0 aromatic carbocycles. The zero-order chi connectivity index (χ0) is 24.3. The normalized spacial score (nSPS) is 24.8. The van der Waals surface area contributed by atoms with E-state index in [9.17, 15) is 18.0 Å². The van der Waals surface area contributed by atoms with Crippen LogP contribution in [0.1, 0.15) is 49.5 Å². The van der Waals surface area contributed by atoms with Gasteiger partial charge in [-0.1, -0.05) is 0 Å². The molecule has 2 aromatic heterocycles. The maximum atomic E-state index is 13.1. The Morgan fingerprint density at radius 1 is 1.14 bits per heavy atom. The average Bonchev–Trinajstić information content (AvgIpc) is 3.18. The van der Waals surface area contributed by atoms with Crippen molar-refractivity contribution in [1.82, 2.24) is 34.9 Å². The van der Waals surface area contributed by atoms with E-state index in [1.807, 2.05) is 9.80 Å². The molecule has 2 amide bonds. The summed E-state index contributed by atoms with van der Waals surface area (Å²) in [6.45, 7) is 2.89. The number of H-pyrrole nitrogens is 1. The van der Waals surface area contributed by atoms with Gasteiger partial charge in [-0.05, 0) is 44.4 Å². The fourth-order valence-corrected chi connectivity index (χ4v) is 6.05. The summed E-state index contributed by atoms with van der Waals surface area (Å²) in [5, 5.41) is 9.61. The molecule has 0 radical (unpaired) electrons. The summed E-state index contributed by atoms with van der Waals surface area (Å²) in [6, 6.07) is 0.119. The number of likely N-dealkylation sites (tertiary alicyclic amines) is 2. The molecular formula is C23H29F3N8O. The standard InChI is InChI=1S/C23H29F3N8O/c24-23(25,26)22(2-3-22)11-29-18-9-27-17(8-28-18)5-15-6-21(7-15)12-34(13-21)20(35)33-4-1-16(10-33)19-30-14-31-32-19/h8-9,14-16H,1-7,10-13H2,(H,28,29)(H,30,31,32)/t16-/m0/s1. The van der Waals surface area contributed by atoms with E-state index in [0.717, 1.165) is 56.8 Å². The monoisotopic (exact) mass is 490 g/mol. The second-order valence-corrected chi connectivity index (χ2v) is 10.9. The van der Waals surface area contributed by atoms with E-state index in [1.54, 1.807) is 6.20 Å². The Morgan fingerprint density at radius 3 is 2.57 bits per heavy atom. The smallest absolute Gasteiger partial charge is 0.368 e. The first-order valence-electron chi connectivity index (χ1n) is 12.2. The fraction of sp³-hybridized carbons (Fsp3) is 0.696. The van der Waals surface area contributed by atoms with Gasteiger partial charge in [-0.3, -0.25) is 10.1 Å². The van der Waals surface area contributed by atoms with Crippen LogP contribution in [-0.4, -0.2) is 79.9 Å². The quantitative estimate of drug-likeness (QED) is 0.645. The van der Waals surface area contributed by atoms with Crippen LogP contribution in [0, 0.1) is 16.7 Å². The summed E-state index contributed by atoms with van der Waals surface area (Å²) in [6.07, 6.45) is 4.69. The van der Waals surface area contributed by atoms with Crippen LogP contribution in [0.5, 0.6) is 0 Å². The van der Waals surface area contributed by atoms with Gasteiger partial charge in [0.1, 0.15) is 18.0 Å². The van der Waals surface area contributed by atoms with E-state index in [-0.39, 0.29) is 36.8 Å². The second-order valence-electron chi connectivity index (χ2n) is 10.9. The Balaban J connectivity index is 0.927. The molecule has 2 aromatic rings. The molecule has 4 fully saturated rings. The van der Waals surface area contributed by atoms with Gasteiger partial charge < -0.3 is 15.1 Å². The van der Waals surface area contributed by atoms with E-state index >= 15 is 0 Å². The van der Waals surface area contributed by atoms with Gasteiger partial charge in [0, 0.05) is 44.1 Å². The van der Waals surface area contributed by atoms with Crippen molar-refractivity contribution in [1.29, 1.82) is 0 Å². The largest absolute Gasteiger partial charge is 0.396 e. The molecule has 1 spiro atoms. The molecule has 2 N–H and O–H groups in total. The van der Waals surface area contributed by atoms with Gasteiger partial charge >= 0.3 is 12.2 Å². The summed E-state index contributed by atoms with van der Waals surface area (Å²) < 4.78 is 39.2. The average molecular weight is 491 g/mol. The predicted octanol–water partition coefficient (Wildman–Crippen LogP) is 3.21. The topological polar surface area (TPSA) is 103 Å². The molecule has 2 saturated carbocycles. The maximum Gasteiger partial charge on any atom is 0.396 e. The zero-order valence-electron chi connectivity index (χ0n) is 19.4. The first kappa shape index (κ1) is 22.5. The highest BCUT2D eigenvalue weighted by atomic mass is 19.4. The number of hydrogen-bond donors (Lipinski definition) is 2. The molecule has 0 unspecified atom stereocenters. The van der Waals surface area contributed by atoms with Crippen molar-refractivity contribution in [2.45, 2.75) is 50.6 Å². The number of nitrogens with zero attached hydrogens (tertiary/aromatic N) is 6. The van der Waals surface area contributed by atoms with Gasteiger partial charge in [0.25, 0.3) is 0 Å². The third-order valence-corrected chi connectivity index (χ3v) is 8.31. The van der Waals surface area contributed by atoms with Crippen LogP contribution in [0.2, 0.25) is 0 Å². The second kappa shape index (κ2) is 8.06. The van der Waals surface area contributed by atoms with Crippen LogP contribution in [-0.2, 0) is 6.42 Å². The van der Waals surface area contributed by atoms with Crippen LogP contribution in [0.4, 0.5) is 23.8 Å². The lowest BCUT2D eigenvalue weighted by Crippen LogP contribution is -2.65. The number of alkyl halides is 3. The van der Waals surface area contributed by atoms with E-state index in [1.165, 1.54) is 12.5 Å². The fourth-order valence-electron chi connectivity index (χ4n) is 6.05. The number of urea groups is 1. The Labute approximate surface area is 200 Å². The summed E-state index contributed by atoms with van der Waals surface area (Å²) in [5.74, 6) is 1.96. The lowest BCUT2D eigenvalue weighted by atomic mass is 9.57. The summed E-state index contributed by atoms with van der Waals surface area (Å²) in [5.41, 5.74) is -0.510. The molecule has 0 bridgehead atoms. The third-order valence-electron chi connectivity index (χ3n) is 8.31. The molecular weight excluding hydrogens is 461 g/mol. The van der Waals surface area contributed by atoms with E-state index < -0.39 is 11.6 Å². The van der Waals surface area contributed by atoms with Crippen molar-refractivity contribution in [2.75, 3.05) is 38.0 Å². The van der Waals surface area contributed by atoms with Gasteiger partial charge in [-0.15, -0.1) is 0 Å². The van der Waals surface area contributed by atoms with E-state index in [4.69, 9.17) is 0 Å². The number of hydrogen-bond acceptors (Lipinski definition) is 6. The summed E-state index contributed by atoms with van der Waals surface area (Å²) in [7, 11) is 0. The Bertz CT molecular complexity index is 1060.